The van der Waals surface area contributed by atoms with Crippen molar-refractivity contribution in [3.05, 3.63) is 70.1 Å². The van der Waals surface area contributed by atoms with Gasteiger partial charge in [0.05, 0.1) is 12.5 Å². The van der Waals surface area contributed by atoms with Crippen LogP contribution >= 0.6 is 0 Å². The number of carbonyl (C=O) groups is 1. The van der Waals surface area contributed by atoms with Crippen LogP contribution in [0.3, 0.4) is 0 Å². The second-order valence-electron chi connectivity index (χ2n) is 5.87. The number of carbonyl (C=O) groups excluding carboxylic acids is 1. The zero-order valence-corrected chi connectivity index (χ0v) is 13.0. The molecule has 2 atom stereocenters. The third-order valence-corrected chi connectivity index (χ3v) is 4.14. The van der Waals surface area contributed by atoms with Crippen LogP contribution in [0.4, 0.5) is 8.78 Å². The van der Waals surface area contributed by atoms with Crippen molar-refractivity contribution < 1.29 is 18.3 Å². The monoisotopic (exact) mass is 333 g/mol. The van der Waals surface area contributed by atoms with E-state index in [0.717, 1.165) is 18.2 Å². The van der Waals surface area contributed by atoms with Crippen molar-refractivity contribution in [2.45, 2.75) is 25.3 Å². The molecule has 3 rings (SSSR count). The largest absolute Gasteiger partial charge is 0.465 e. The highest BCUT2D eigenvalue weighted by Gasteiger charge is 2.46. The zero-order valence-electron chi connectivity index (χ0n) is 13.0. The van der Waals surface area contributed by atoms with E-state index in [2.05, 4.69) is 0 Å². The molecular weight excluding hydrogens is 316 g/mol. The summed E-state index contributed by atoms with van der Waals surface area (Å²) in [6, 6.07) is 8.15. The third kappa shape index (κ3) is 3.69. The van der Waals surface area contributed by atoms with Gasteiger partial charge in [0, 0.05) is 24.7 Å². The van der Waals surface area contributed by atoms with Crippen LogP contribution in [0.1, 0.15) is 24.3 Å². The van der Waals surface area contributed by atoms with Crippen LogP contribution in [0.5, 0.6) is 0 Å². The summed E-state index contributed by atoms with van der Waals surface area (Å²) in [5, 5.41) is 0. The fourth-order valence-corrected chi connectivity index (χ4v) is 2.76. The molecule has 2 aromatic rings. The Bertz CT molecular complexity index is 803. The van der Waals surface area contributed by atoms with Gasteiger partial charge in [-0.3, -0.25) is 9.59 Å². The Balaban J connectivity index is 1.46. The topological polar surface area (TPSA) is 48.3 Å². The summed E-state index contributed by atoms with van der Waals surface area (Å²) in [5.41, 5.74) is 0.125. The molecule has 6 heteroatoms. The standard InChI is InChI=1S/C18H17F2NO3/c19-12-5-6-16(20)14(10-12)13-11-15(13)18(23)24-9-3-8-21-7-2-1-4-17(21)22/h1-2,4-7,10,13,15H,3,8-9,11H2/t13-,15+/m1/s1. The lowest BCUT2D eigenvalue weighted by Crippen LogP contribution is -2.19. The molecular formula is C18H17F2NO3. The molecule has 1 saturated carbocycles. The van der Waals surface area contributed by atoms with Gasteiger partial charge in [0.1, 0.15) is 11.6 Å². The van der Waals surface area contributed by atoms with Gasteiger partial charge in [-0.05, 0) is 42.7 Å². The van der Waals surface area contributed by atoms with Crippen LogP contribution in [-0.2, 0) is 16.1 Å². The predicted octanol–water partition coefficient (Wildman–Crippen LogP) is 2.86. The first-order chi connectivity index (χ1) is 11.6. The summed E-state index contributed by atoms with van der Waals surface area (Å²) < 4.78 is 33.6. The number of esters is 1. The van der Waals surface area contributed by atoms with E-state index in [4.69, 9.17) is 4.74 Å². The van der Waals surface area contributed by atoms with E-state index in [1.165, 1.54) is 10.6 Å². The number of aryl methyl sites for hydroxylation is 1. The molecule has 0 amide bonds. The Morgan fingerprint density at radius 1 is 1.25 bits per heavy atom. The maximum atomic E-state index is 13.7. The molecule has 0 bridgehead atoms. The van der Waals surface area contributed by atoms with Gasteiger partial charge < -0.3 is 9.30 Å². The lowest BCUT2D eigenvalue weighted by molar-refractivity contribution is -0.145. The fraction of sp³-hybridized carbons (Fsp3) is 0.333. The van der Waals surface area contributed by atoms with E-state index in [9.17, 15) is 18.4 Å². The van der Waals surface area contributed by atoms with Gasteiger partial charge in [-0.1, -0.05) is 6.07 Å². The van der Waals surface area contributed by atoms with Crippen molar-refractivity contribution >= 4 is 5.97 Å². The van der Waals surface area contributed by atoms with Gasteiger partial charge in [0.2, 0.25) is 5.56 Å². The fourth-order valence-electron chi connectivity index (χ4n) is 2.76. The van der Waals surface area contributed by atoms with E-state index < -0.39 is 23.5 Å². The van der Waals surface area contributed by atoms with E-state index >= 15 is 0 Å². The summed E-state index contributed by atoms with van der Waals surface area (Å²) in [4.78, 5) is 23.5. The lowest BCUT2D eigenvalue weighted by Gasteiger charge is -2.07. The Kier molecular flexibility index (Phi) is 4.74. The van der Waals surface area contributed by atoms with E-state index in [1.807, 2.05) is 0 Å². The summed E-state index contributed by atoms with van der Waals surface area (Å²) in [5.74, 6) is -2.14. The highest BCUT2D eigenvalue weighted by Crippen LogP contribution is 2.49. The van der Waals surface area contributed by atoms with Crippen LogP contribution in [0, 0.1) is 17.6 Å². The van der Waals surface area contributed by atoms with Gasteiger partial charge in [-0.25, -0.2) is 8.78 Å². The molecule has 0 N–H and O–H groups in total. The highest BCUT2D eigenvalue weighted by molar-refractivity contribution is 5.77. The SMILES string of the molecule is O=C(OCCCn1ccccc1=O)[C@H]1C[C@@H]1c1cc(F)ccc1F. The normalized spacial score (nSPS) is 19.1. The van der Waals surface area contributed by atoms with Crippen molar-refractivity contribution in [1.82, 2.24) is 4.57 Å². The van der Waals surface area contributed by atoms with Crippen molar-refractivity contribution in [2.24, 2.45) is 5.92 Å². The summed E-state index contributed by atoms with van der Waals surface area (Å²) in [6.45, 7) is 0.647. The van der Waals surface area contributed by atoms with Gasteiger partial charge in [0.25, 0.3) is 0 Å². The number of rotatable bonds is 6. The number of pyridine rings is 1. The first-order valence-corrected chi connectivity index (χ1v) is 7.83. The molecule has 0 aliphatic heterocycles. The van der Waals surface area contributed by atoms with Crippen LogP contribution < -0.4 is 5.56 Å². The maximum Gasteiger partial charge on any atom is 0.309 e. The first-order valence-electron chi connectivity index (χ1n) is 7.83. The first kappa shape index (κ1) is 16.4. The Morgan fingerprint density at radius 3 is 2.88 bits per heavy atom. The van der Waals surface area contributed by atoms with Crippen molar-refractivity contribution in [2.75, 3.05) is 6.61 Å². The van der Waals surface area contributed by atoms with Crippen molar-refractivity contribution in [3.8, 4) is 0 Å². The molecule has 0 saturated heterocycles. The second-order valence-corrected chi connectivity index (χ2v) is 5.87. The average Bonchev–Trinajstić information content (AvgIpc) is 3.36. The minimum absolute atomic E-state index is 0.104. The zero-order chi connectivity index (χ0) is 17.1. The predicted molar refractivity (Wildman–Crippen MR) is 83.5 cm³/mol. The molecule has 24 heavy (non-hydrogen) atoms. The third-order valence-electron chi connectivity index (χ3n) is 4.14. The van der Waals surface area contributed by atoms with Crippen molar-refractivity contribution in [3.63, 3.8) is 0 Å². The number of ether oxygens (including phenoxy) is 1. The minimum Gasteiger partial charge on any atom is -0.465 e. The van der Waals surface area contributed by atoms with Gasteiger partial charge in [0.15, 0.2) is 0 Å². The molecule has 1 aromatic heterocycles. The molecule has 0 unspecified atom stereocenters. The highest BCUT2D eigenvalue weighted by atomic mass is 19.1. The lowest BCUT2D eigenvalue weighted by atomic mass is 10.1. The minimum atomic E-state index is -0.515. The number of aromatic nitrogens is 1. The quantitative estimate of drug-likeness (QED) is 0.603. The van der Waals surface area contributed by atoms with E-state index in [-0.39, 0.29) is 23.6 Å². The maximum absolute atomic E-state index is 13.7. The smallest absolute Gasteiger partial charge is 0.309 e. The number of halogens is 2. The molecule has 4 nitrogen and oxygen atoms in total. The molecule has 1 aliphatic carbocycles. The molecule has 126 valence electrons. The van der Waals surface area contributed by atoms with E-state index in [0.29, 0.717) is 19.4 Å². The summed E-state index contributed by atoms with van der Waals surface area (Å²) >= 11 is 0. The van der Waals surface area contributed by atoms with Crippen LogP contribution in [0.25, 0.3) is 0 Å². The second kappa shape index (κ2) is 6.95. The Labute approximate surface area is 137 Å². The number of hydrogen-bond acceptors (Lipinski definition) is 3. The average molecular weight is 333 g/mol. The molecule has 1 heterocycles. The van der Waals surface area contributed by atoms with Gasteiger partial charge in [-0.2, -0.15) is 0 Å². The molecule has 0 radical (unpaired) electrons. The summed E-state index contributed by atoms with van der Waals surface area (Å²) in [6.07, 6.45) is 2.66. The number of nitrogens with zero attached hydrogens (tertiary/aromatic N) is 1. The number of hydrogen-bond donors (Lipinski definition) is 0. The Morgan fingerprint density at radius 2 is 2.08 bits per heavy atom. The van der Waals surface area contributed by atoms with Crippen LogP contribution in [-0.4, -0.2) is 17.1 Å². The molecule has 1 aliphatic rings. The molecule has 1 aromatic carbocycles. The van der Waals surface area contributed by atoms with Crippen molar-refractivity contribution in [1.29, 1.82) is 0 Å². The van der Waals surface area contributed by atoms with E-state index in [1.54, 1.807) is 18.3 Å². The molecule has 0 spiro atoms. The van der Waals surface area contributed by atoms with Crippen LogP contribution in [0.15, 0.2) is 47.4 Å². The molecule has 1 fully saturated rings. The van der Waals surface area contributed by atoms with Crippen LogP contribution in [0.2, 0.25) is 0 Å². The van der Waals surface area contributed by atoms with Gasteiger partial charge in [-0.15, -0.1) is 0 Å². The summed E-state index contributed by atoms with van der Waals surface area (Å²) in [7, 11) is 0. The Hall–Kier alpha value is -2.50. The number of benzene rings is 1. The van der Waals surface area contributed by atoms with Gasteiger partial charge >= 0.3 is 5.97 Å².